The molecule has 1 aromatic heterocycles. The molecular weight excluding hydrogens is 264 g/mol. The Morgan fingerprint density at radius 1 is 1.05 bits per heavy atom. The van der Waals surface area contributed by atoms with E-state index in [4.69, 9.17) is 5.73 Å². The highest BCUT2D eigenvalue weighted by Crippen LogP contribution is 2.18. The molecule has 1 aromatic carbocycles. The Balaban J connectivity index is 2.33. The van der Waals surface area contributed by atoms with Gasteiger partial charge < -0.3 is 5.73 Å². The molecular formula is C12H14N4O2S. The van der Waals surface area contributed by atoms with Gasteiger partial charge in [-0.2, -0.15) is 0 Å². The number of nitrogens with zero attached hydrogens (tertiary/aromatic N) is 2. The van der Waals surface area contributed by atoms with Crippen LogP contribution in [0, 0.1) is 13.8 Å². The van der Waals surface area contributed by atoms with Gasteiger partial charge in [-0.05, 0) is 37.1 Å². The highest BCUT2D eigenvalue weighted by atomic mass is 32.2. The number of benzene rings is 1. The summed E-state index contributed by atoms with van der Waals surface area (Å²) in [5.41, 5.74) is 7.79. The molecule has 0 aliphatic heterocycles. The van der Waals surface area contributed by atoms with Gasteiger partial charge in [0, 0.05) is 5.69 Å². The number of aryl methyl sites for hydroxylation is 2. The molecule has 7 heteroatoms. The van der Waals surface area contributed by atoms with Crippen LogP contribution < -0.4 is 10.5 Å². The van der Waals surface area contributed by atoms with E-state index in [9.17, 15) is 8.42 Å². The summed E-state index contributed by atoms with van der Waals surface area (Å²) in [5, 5.41) is 0. The molecule has 19 heavy (non-hydrogen) atoms. The van der Waals surface area contributed by atoms with Gasteiger partial charge >= 0.3 is 0 Å². The summed E-state index contributed by atoms with van der Waals surface area (Å²) in [6.07, 6.45) is 2.35. The maximum atomic E-state index is 12.1. The minimum atomic E-state index is -3.69. The number of nitrogens with one attached hydrogen (secondary N) is 1. The lowest BCUT2D eigenvalue weighted by Crippen LogP contribution is -2.14. The number of hydrogen-bond donors (Lipinski definition) is 2. The lowest BCUT2D eigenvalue weighted by Gasteiger charge is -2.09. The van der Waals surface area contributed by atoms with Crippen LogP contribution in [0.4, 0.5) is 11.6 Å². The zero-order valence-electron chi connectivity index (χ0n) is 10.6. The van der Waals surface area contributed by atoms with E-state index in [2.05, 4.69) is 14.7 Å². The molecule has 0 radical (unpaired) electrons. The normalized spacial score (nSPS) is 11.3. The molecule has 0 spiro atoms. The monoisotopic (exact) mass is 278 g/mol. The Bertz CT molecular complexity index is 676. The van der Waals surface area contributed by atoms with Crippen LogP contribution in [-0.2, 0) is 10.0 Å². The van der Waals surface area contributed by atoms with Crippen molar-refractivity contribution in [3.05, 3.63) is 41.7 Å². The molecule has 100 valence electrons. The highest BCUT2D eigenvalue weighted by Gasteiger charge is 2.15. The van der Waals surface area contributed by atoms with Gasteiger partial charge in [0.15, 0.2) is 0 Å². The van der Waals surface area contributed by atoms with E-state index in [0.29, 0.717) is 5.69 Å². The third kappa shape index (κ3) is 3.19. The molecule has 6 nitrogen and oxygen atoms in total. The molecule has 0 amide bonds. The van der Waals surface area contributed by atoms with Crippen LogP contribution in [-0.4, -0.2) is 18.4 Å². The molecule has 0 fully saturated rings. The number of sulfonamides is 1. The van der Waals surface area contributed by atoms with Gasteiger partial charge in [-0.15, -0.1) is 0 Å². The second kappa shape index (κ2) is 4.85. The topological polar surface area (TPSA) is 98.0 Å². The highest BCUT2D eigenvalue weighted by molar-refractivity contribution is 7.92. The average molecular weight is 278 g/mol. The molecule has 0 saturated carbocycles. The Morgan fingerprint density at radius 2 is 1.58 bits per heavy atom. The Morgan fingerprint density at radius 3 is 2.11 bits per heavy atom. The molecule has 0 bridgehead atoms. The van der Waals surface area contributed by atoms with Crippen LogP contribution in [0.5, 0.6) is 0 Å². The number of nitrogens with two attached hydrogens (primary N) is 1. The van der Waals surface area contributed by atoms with E-state index in [1.165, 1.54) is 12.4 Å². The first kappa shape index (κ1) is 13.3. The number of hydrogen-bond acceptors (Lipinski definition) is 5. The van der Waals surface area contributed by atoms with Crippen LogP contribution in [0.15, 0.2) is 35.5 Å². The van der Waals surface area contributed by atoms with Gasteiger partial charge in [0.1, 0.15) is 4.90 Å². The second-order valence-corrected chi connectivity index (χ2v) is 5.94. The Labute approximate surface area is 111 Å². The molecule has 3 N–H and O–H groups in total. The second-order valence-electron chi connectivity index (χ2n) is 4.26. The maximum Gasteiger partial charge on any atom is 0.264 e. The SMILES string of the molecule is Cc1cc(C)cc(NS(=O)(=O)c2cnc(N)nc2)c1. The molecule has 0 unspecified atom stereocenters. The Hall–Kier alpha value is -2.15. The summed E-state index contributed by atoms with van der Waals surface area (Å²) in [6.45, 7) is 3.80. The van der Waals surface area contributed by atoms with Crippen molar-refractivity contribution in [3.63, 3.8) is 0 Å². The number of rotatable bonds is 3. The summed E-state index contributed by atoms with van der Waals surface area (Å²) >= 11 is 0. The van der Waals surface area contributed by atoms with E-state index in [-0.39, 0.29) is 10.8 Å². The van der Waals surface area contributed by atoms with Crippen molar-refractivity contribution in [3.8, 4) is 0 Å². The summed E-state index contributed by atoms with van der Waals surface area (Å²) < 4.78 is 26.7. The minimum Gasteiger partial charge on any atom is -0.368 e. The smallest absolute Gasteiger partial charge is 0.264 e. The fraction of sp³-hybridized carbons (Fsp3) is 0.167. The van der Waals surface area contributed by atoms with Crippen LogP contribution in [0.1, 0.15) is 11.1 Å². The fourth-order valence-electron chi connectivity index (χ4n) is 1.71. The van der Waals surface area contributed by atoms with E-state index in [1.54, 1.807) is 12.1 Å². The third-order valence-corrected chi connectivity index (χ3v) is 3.77. The summed E-state index contributed by atoms with van der Waals surface area (Å²) in [5.74, 6) is 0.0327. The molecule has 2 aromatic rings. The van der Waals surface area contributed by atoms with Crippen molar-refractivity contribution in [1.82, 2.24) is 9.97 Å². The molecule has 0 aliphatic carbocycles. The van der Waals surface area contributed by atoms with Gasteiger partial charge in [-0.3, -0.25) is 4.72 Å². The van der Waals surface area contributed by atoms with Crippen molar-refractivity contribution in [2.75, 3.05) is 10.5 Å². The number of nitrogen functional groups attached to an aromatic ring is 1. The van der Waals surface area contributed by atoms with E-state index >= 15 is 0 Å². The largest absolute Gasteiger partial charge is 0.368 e. The van der Waals surface area contributed by atoms with Gasteiger partial charge in [0.2, 0.25) is 5.95 Å². The lowest BCUT2D eigenvalue weighted by molar-refractivity contribution is 0.600. The maximum absolute atomic E-state index is 12.1. The molecule has 0 saturated heterocycles. The van der Waals surface area contributed by atoms with Crippen molar-refractivity contribution < 1.29 is 8.42 Å². The first-order valence-corrected chi connectivity index (χ1v) is 7.04. The van der Waals surface area contributed by atoms with E-state index in [1.807, 2.05) is 19.9 Å². The number of anilines is 2. The van der Waals surface area contributed by atoms with Gasteiger partial charge in [0.25, 0.3) is 10.0 Å². The van der Waals surface area contributed by atoms with Gasteiger partial charge in [-0.25, -0.2) is 18.4 Å². The first-order valence-electron chi connectivity index (χ1n) is 5.55. The lowest BCUT2D eigenvalue weighted by atomic mass is 10.1. The van der Waals surface area contributed by atoms with Crippen molar-refractivity contribution >= 4 is 21.7 Å². The minimum absolute atomic E-state index is 0.0270. The molecule has 0 aliphatic rings. The first-order chi connectivity index (χ1) is 8.87. The van der Waals surface area contributed by atoms with Crippen molar-refractivity contribution in [2.45, 2.75) is 18.7 Å². The van der Waals surface area contributed by atoms with E-state index in [0.717, 1.165) is 11.1 Å². The summed E-state index contributed by atoms with van der Waals surface area (Å²) in [7, 11) is -3.69. The summed E-state index contributed by atoms with van der Waals surface area (Å²) in [6, 6.07) is 5.47. The quantitative estimate of drug-likeness (QED) is 0.886. The van der Waals surface area contributed by atoms with Crippen LogP contribution in [0.25, 0.3) is 0 Å². The van der Waals surface area contributed by atoms with E-state index < -0.39 is 10.0 Å². The Kier molecular flexibility index (Phi) is 3.39. The van der Waals surface area contributed by atoms with Gasteiger partial charge in [-0.1, -0.05) is 6.07 Å². The summed E-state index contributed by atoms with van der Waals surface area (Å²) in [4.78, 5) is 7.31. The molecule has 2 rings (SSSR count). The predicted molar refractivity (Wildman–Crippen MR) is 73.2 cm³/mol. The zero-order valence-corrected chi connectivity index (χ0v) is 11.4. The van der Waals surface area contributed by atoms with Crippen LogP contribution >= 0.6 is 0 Å². The van der Waals surface area contributed by atoms with Crippen molar-refractivity contribution in [2.24, 2.45) is 0 Å². The zero-order chi connectivity index (χ0) is 14.0. The predicted octanol–water partition coefficient (Wildman–Crippen LogP) is 1.48. The molecule has 1 heterocycles. The third-order valence-electron chi connectivity index (χ3n) is 2.43. The molecule has 0 atom stereocenters. The average Bonchev–Trinajstić information content (AvgIpc) is 2.27. The standard InChI is InChI=1S/C12H14N4O2S/c1-8-3-9(2)5-10(4-8)16-19(17,18)11-6-14-12(13)15-7-11/h3-7,16H,1-2H3,(H2,13,14,15). The van der Waals surface area contributed by atoms with Gasteiger partial charge in [0.05, 0.1) is 12.4 Å². The van der Waals surface area contributed by atoms with Crippen molar-refractivity contribution in [1.29, 1.82) is 0 Å². The fourth-order valence-corrected chi connectivity index (χ4v) is 2.64. The van der Waals surface area contributed by atoms with Crippen LogP contribution in [0.2, 0.25) is 0 Å². The number of aromatic nitrogens is 2. The van der Waals surface area contributed by atoms with Crippen LogP contribution in [0.3, 0.4) is 0 Å².